The molecule has 5 nitrogen and oxygen atoms in total. The van der Waals surface area contributed by atoms with Crippen molar-refractivity contribution in [2.45, 2.75) is 51.1 Å². The lowest BCUT2D eigenvalue weighted by molar-refractivity contribution is -0.133. The van der Waals surface area contributed by atoms with Gasteiger partial charge < -0.3 is 16.0 Å². The fourth-order valence-corrected chi connectivity index (χ4v) is 2.88. The van der Waals surface area contributed by atoms with E-state index in [2.05, 4.69) is 5.32 Å². The van der Waals surface area contributed by atoms with Gasteiger partial charge in [-0.2, -0.15) is 0 Å². The van der Waals surface area contributed by atoms with Gasteiger partial charge in [-0.15, -0.1) is 12.4 Å². The first-order chi connectivity index (χ1) is 11.2. The van der Waals surface area contributed by atoms with E-state index in [4.69, 9.17) is 5.73 Å². The molecule has 1 aliphatic heterocycles. The van der Waals surface area contributed by atoms with Crippen LogP contribution < -0.4 is 11.1 Å². The van der Waals surface area contributed by atoms with Crippen LogP contribution in [0.1, 0.15) is 44.1 Å². The number of rotatable bonds is 9. The summed E-state index contributed by atoms with van der Waals surface area (Å²) in [5, 5.41) is 2.88. The number of halogens is 1. The molecular weight excluding hydrogens is 326 g/mol. The van der Waals surface area contributed by atoms with E-state index in [0.29, 0.717) is 32.5 Å². The summed E-state index contributed by atoms with van der Waals surface area (Å²) in [4.78, 5) is 26.1. The standard InChI is InChI=1S/C18H27N3O2.ClH/c19-12-7-2-1-6-10-17(22)20-16-11-13-21(18(16)23)14-15-8-4-3-5-9-15;/h3-5,8-9,16H,1-2,6-7,10-14,19H2,(H,20,22);1H. The molecule has 6 heteroatoms. The third-order valence-corrected chi connectivity index (χ3v) is 4.21. The van der Waals surface area contributed by atoms with E-state index in [-0.39, 0.29) is 30.3 Å². The lowest BCUT2D eigenvalue weighted by Crippen LogP contribution is -2.41. The first-order valence-corrected chi connectivity index (χ1v) is 8.53. The van der Waals surface area contributed by atoms with Crippen LogP contribution in [0, 0.1) is 0 Å². The minimum Gasteiger partial charge on any atom is -0.344 e. The van der Waals surface area contributed by atoms with E-state index in [1.807, 2.05) is 35.2 Å². The highest BCUT2D eigenvalue weighted by Crippen LogP contribution is 2.15. The van der Waals surface area contributed by atoms with Crippen molar-refractivity contribution in [2.75, 3.05) is 13.1 Å². The molecule has 1 unspecified atom stereocenters. The number of nitrogens with one attached hydrogen (secondary N) is 1. The topological polar surface area (TPSA) is 75.4 Å². The number of hydrogen-bond donors (Lipinski definition) is 2. The molecule has 1 fully saturated rings. The van der Waals surface area contributed by atoms with Crippen LogP contribution in [0.5, 0.6) is 0 Å². The van der Waals surface area contributed by atoms with Gasteiger partial charge >= 0.3 is 0 Å². The number of carbonyl (C=O) groups excluding carboxylic acids is 2. The molecule has 2 amide bonds. The van der Waals surface area contributed by atoms with Gasteiger partial charge in [0.1, 0.15) is 6.04 Å². The molecule has 1 aromatic rings. The van der Waals surface area contributed by atoms with Crippen LogP contribution in [0.2, 0.25) is 0 Å². The third kappa shape index (κ3) is 6.49. The zero-order valence-corrected chi connectivity index (χ0v) is 14.9. The average Bonchev–Trinajstić information content (AvgIpc) is 2.89. The number of hydrogen-bond acceptors (Lipinski definition) is 3. The molecule has 1 atom stereocenters. The minimum atomic E-state index is -0.352. The number of nitrogens with two attached hydrogens (primary N) is 1. The summed E-state index contributed by atoms with van der Waals surface area (Å²) in [6.07, 6.45) is 5.15. The lowest BCUT2D eigenvalue weighted by atomic mass is 10.1. The van der Waals surface area contributed by atoms with Crippen LogP contribution in [0.3, 0.4) is 0 Å². The molecule has 0 aromatic heterocycles. The average molecular weight is 354 g/mol. The van der Waals surface area contributed by atoms with Crippen molar-refractivity contribution in [3.05, 3.63) is 35.9 Å². The second-order valence-corrected chi connectivity index (χ2v) is 6.11. The van der Waals surface area contributed by atoms with Crippen molar-refractivity contribution in [1.82, 2.24) is 10.2 Å². The van der Waals surface area contributed by atoms with Crippen LogP contribution in [-0.4, -0.2) is 35.8 Å². The van der Waals surface area contributed by atoms with Gasteiger partial charge in [0, 0.05) is 19.5 Å². The molecule has 0 radical (unpaired) electrons. The SMILES string of the molecule is Cl.NCCCCCCC(=O)NC1CCN(Cc2ccccc2)C1=O. The second kappa shape index (κ2) is 11.0. The van der Waals surface area contributed by atoms with E-state index in [0.717, 1.165) is 31.2 Å². The van der Waals surface area contributed by atoms with E-state index in [9.17, 15) is 9.59 Å². The predicted octanol–water partition coefficient (Wildman–Crippen LogP) is 2.23. The highest BCUT2D eigenvalue weighted by molar-refractivity contribution is 5.89. The highest BCUT2D eigenvalue weighted by atomic mass is 35.5. The number of amides is 2. The Morgan fingerprint density at radius 2 is 1.88 bits per heavy atom. The lowest BCUT2D eigenvalue weighted by Gasteiger charge is -2.17. The van der Waals surface area contributed by atoms with Crippen LogP contribution in [0.25, 0.3) is 0 Å². The number of unbranched alkanes of at least 4 members (excludes halogenated alkanes) is 3. The summed E-state index contributed by atoms with van der Waals surface area (Å²) >= 11 is 0. The van der Waals surface area contributed by atoms with E-state index < -0.39 is 0 Å². The quantitative estimate of drug-likeness (QED) is 0.668. The van der Waals surface area contributed by atoms with E-state index in [1.165, 1.54) is 0 Å². The Hall–Kier alpha value is -1.59. The Morgan fingerprint density at radius 1 is 1.17 bits per heavy atom. The zero-order valence-electron chi connectivity index (χ0n) is 14.1. The summed E-state index contributed by atoms with van der Waals surface area (Å²) < 4.78 is 0. The molecule has 134 valence electrons. The molecule has 2 rings (SSSR count). The first kappa shape index (κ1) is 20.5. The number of nitrogens with zero attached hydrogens (tertiary/aromatic N) is 1. The molecule has 1 aromatic carbocycles. The summed E-state index contributed by atoms with van der Waals surface area (Å²) in [6, 6.07) is 9.59. The van der Waals surface area contributed by atoms with Gasteiger partial charge in [-0.25, -0.2) is 0 Å². The smallest absolute Gasteiger partial charge is 0.245 e. The minimum absolute atomic E-state index is 0. The van der Waals surface area contributed by atoms with Crippen molar-refractivity contribution in [3.8, 4) is 0 Å². The van der Waals surface area contributed by atoms with Crippen LogP contribution >= 0.6 is 12.4 Å². The monoisotopic (exact) mass is 353 g/mol. The summed E-state index contributed by atoms with van der Waals surface area (Å²) in [7, 11) is 0. The highest BCUT2D eigenvalue weighted by Gasteiger charge is 2.32. The Labute approximate surface area is 150 Å². The van der Waals surface area contributed by atoms with Crippen molar-refractivity contribution in [3.63, 3.8) is 0 Å². The van der Waals surface area contributed by atoms with Crippen molar-refractivity contribution < 1.29 is 9.59 Å². The van der Waals surface area contributed by atoms with Gasteiger partial charge in [0.25, 0.3) is 0 Å². The second-order valence-electron chi connectivity index (χ2n) is 6.11. The molecule has 0 spiro atoms. The number of likely N-dealkylation sites (tertiary alicyclic amines) is 1. The Morgan fingerprint density at radius 3 is 2.58 bits per heavy atom. The maximum absolute atomic E-state index is 12.4. The number of carbonyl (C=O) groups is 2. The summed E-state index contributed by atoms with van der Waals surface area (Å²) in [5.74, 6) is 0.0167. The fourth-order valence-electron chi connectivity index (χ4n) is 2.88. The zero-order chi connectivity index (χ0) is 16.5. The molecular formula is C18H28ClN3O2. The Kier molecular flexibility index (Phi) is 9.42. The molecule has 0 aliphatic carbocycles. The molecule has 0 saturated carbocycles. The molecule has 0 bridgehead atoms. The van der Waals surface area contributed by atoms with Crippen molar-refractivity contribution in [2.24, 2.45) is 5.73 Å². The molecule has 3 N–H and O–H groups in total. The van der Waals surface area contributed by atoms with Crippen molar-refractivity contribution >= 4 is 24.2 Å². The molecule has 1 saturated heterocycles. The molecule has 24 heavy (non-hydrogen) atoms. The predicted molar refractivity (Wildman–Crippen MR) is 97.8 cm³/mol. The van der Waals surface area contributed by atoms with Gasteiger partial charge in [0.05, 0.1) is 0 Å². The normalized spacial score (nSPS) is 16.8. The van der Waals surface area contributed by atoms with E-state index >= 15 is 0 Å². The van der Waals surface area contributed by atoms with Crippen LogP contribution in [-0.2, 0) is 16.1 Å². The molecule has 1 heterocycles. The van der Waals surface area contributed by atoms with Crippen LogP contribution in [0.4, 0.5) is 0 Å². The summed E-state index contributed by atoms with van der Waals surface area (Å²) in [6.45, 7) is 2.03. The van der Waals surface area contributed by atoms with Gasteiger partial charge in [0.2, 0.25) is 11.8 Å². The van der Waals surface area contributed by atoms with Gasteiger partial charge in [-0.05, 0) is 31.4 Å². The van der Waals surface area contributed by atoms with Crippen molar-refractivity contribution in [1.29, 1.82) is 0 Å². The number of benzene rings is 1. The van der Waals surface area contributed by atoms with Gasteiger partial charge in [0.15, 0.2) is 0 Å². The summed E-state index contributed by atoms with van der Waals surface area (Å²) in [5.41, 5.74) is 6.56. The third-order valence-electron chi connectivity index (χ3n) is 4.21. The molecule has 1 aliphatic rings. The van der Waals surface area contributed by atoms with Crippen LogP contribution in [0.15, 0.2) is 30.3 Å². The first-order valence-electron chi connectivity index (χ1n) is 8.53. The van der Waals surface area contributed by atoms with E-state index in [1.54, 1.807) is 0 Å². The Bertz CT molecular complexity index is 510. The maximum atomic E-state index is 12.4. The maximum Gasteiger partial charge on any atom is 0.245 e. The van der Waals surface area contributed by atoms with Gasteiger partial charge in [-0.3, -0.25) is 9.59 Å². The largest absolute Gasteiger partial charge is 0.344 e. The Balaban J connectivity index is 0.00000288. The fraction of sp³-hybridized carbons (Fsp3) is 0.556. The van der Waals surface area contributed by atoms with Gasteiger partial charge in [-0.1, -0.05) is 43.2 Å².